The highest BCUT2D eigenvalue weighted by atomic mass is 35.5. The average molecular weight is 507 g/mol. The first-order valence-corrected chi connectivity index (χ1v) is 10.2. The number of anilines is 2. The first-order valence-electron chi connectivity index (χ1n) is 9.83. The first-order chi connectivity index (χ1) is 16.6. The molecule has 0 saturated carbocycles. The Morgan fingerprint density at radius 1 is 1.11 bits per heavy atom. The lowest BCUT2D eigenvalue weighted by Gasteiger charge is -2.13. The summed E-state index contributed by atoms with van der Waals surface area (Å²) in [5.74, 6) is -0.232. The summed E-state index contributed by atoms with van der Waals surface area (Å²) >= 11 is 5.56. The van der Waals surface area contributed by atoms with E-state index in [1.165, 1.54) is 30.5 Å². The summed E-state index contributed by atoms with van der Waals surface area (Å²) in [5.41, 5.74) is -0.842. The number of benzene rings is 2. The Morgan fingerprint density at radius 2 is 1.91 bits per heavy atom. The lowest BCUT2D eigenvalue weighted by molar-refractivity contribution is -0.137. The largest absolute Gasteiger partial charge is 0.439 e. The van der Waals surface area contributed by atoms with Crippen molar-refractivity contribution in [1.82, 2.24) is 19.7 Å². The lowest BCUT2D eigenvalue weighted by atomic mass is 10.2. The van der Waals surface area contributed by atoms with Crippen LogP contribution < -0.4 is 15.4 Å². The van der Waals surface area contributed by atoms with Crippen LogP contribution in [0.15, 0.2) is 61.1 Å². The molecule has 0 aliphatic rings. The van der Waals surface area contributed by atoms with E-state index in [9.17, 15) is 22.4 Å². The number of halogens is 5. The van der Waals surface area contributed by atoms with E-state index in [0.29, 0.717) is 17.5 Å². The van der Waals surface area contributed by atoms with Crippen LogP contribution in [-0.4, -0.2) is 25.8 Å². The zero-order valence-electron chi connectivity index (χ0n) is 17.8. The highest BCUT2D eigenvalue weighted by Crippen LogP contribution is 2.36. The van der Waals surface area contributed by atoms with Crippen LogP contribution in [0.5, 0.6) is 11.6 Å². The van der Waals surface area contributed by atoms with Crippen LogP contribution in [0.2, 0.25) is 5.02 Å². The lowest BCUT2D eigenvalue weighted by Crippen LogP contribution is -2.20. The summed E-state index contributed by atoms with van der Waals surface area (Å²) in [6, 6.07) is 7.03. The number of rotatable bonds is 5. The summed E-state index contributed by atoms with van der Waals surface area (Å²) < 4.78 is 60.7. The number of carbonyl (C=O) groups excluding carboxylic acids is 1. The van der Waals surface area contributed by atoms with Crippen molar-refractivity contribution in [2.24, 2.45) is 7.05 Å². The zero-order chi connectivity index (χ0) is 25.2. The van der Waals surface area contributed by atoms with Crippen molar-refractivity contribution >= 4 is 29.0 Å². The van der Waals surface area contributed by atoms with Gasteiger partial charge in [0.2, 0.25) is 5.88 Å². The fourth-order valence-corrected chi connectivity index (χ4v) is 3.19. The van der Waals surface area contributed by atoms with Gasteiger partial charge >= 0.3 is 12.2 Å². The van der Waals surface area contributed by atoms with Crippen LogP contribution >= 0.6 is 11.6 Å². The van der Waals surface area contributed by atoms with Gasteiger partial charge in [-0.15, -0.1) is 0 Å². The molecule has 0 fully saturated rings. The number of amides is 2. The van der Waals surface area contributed by atoms with Crippen molar-refractivity contribution in [2.75, 3.05) is 10.6 Å². The number of hydrogen-bond acceptors (Lipinski definition) is 5. The molecule has 2 amide bonds. The third-order valence-electron chi connectivity index (χ3n) is 4.53. The number of carbonyl (C=O) groups is 1. The minimum atomic E-state index is -4.70. The van der Waals surface area contributed by atoms with E-state index in [1.807, 2.05) is 0 Å². The fraction of sp³-hybridized carbons (Fsp3) is 0.0909. The van der Waals surface area contributed by atoms with Crippen molar-refractivity contribution < 1.29 is 27.1 Å². The maximum absolute atomic E-state index is 14.5. The molecule has 0 radical (unpaired) electrons. The van der Waals surface area contributed by atoms with Crippen LogP contribution in [0, 0.1) is 5.82 Å². The third-order valence-corrected chi connectivity index (χ3v) is 4.86. The second-order valence-corrected chi connectivity index (χ2v) is 7.54. The molecule has 0 atom stereocenters. The number of nitrogens with one attached hydrogen (secondary N) is 2. The Balaban J connectivity index is 1.43. The van der Waals surface area contributed by atoms with Crippen LogP contribution in [0.3, 0.4) is 0 Å². The molecular formula is C22H15ClF4N6O2. The average Bonchev–Trinajstić information content (AvgIpc) is 3.23. The van der Waals surface area contributed by atoms with Crippen molar-refractivity contribution in [3.63, 3.8) is 0 Å². The molecule has 0 aliphatic heterocycles. The normalized spacial score (nSPS) is 11.3. The molecule has 180 valence electrons. The van der Waals surface area contributed by atoms with Gasteiger partial charge in [-0.1, -0.05) is 11.6 Å². The van der Waals surface area contributed by atoms with Crippen molar-refractivity contribution in [3.8, 4) is 23.0 Å². The third kappa shape index (κ3) is 5.84. The van der Waals surface area contributed by atoms with E-state index in [2.05, 4.69) is 25.7 Å². The van der Waals surface area contributed by atoms with Gasteiger partial charge in [0.25, 0.3) is 0 Å². The van der Waals surface area contributed by atoms with Gasteiger partial charge in [0, 0.05) is 37.3 Å². The fourth-order valence-electron chi connectivity index (χ4n) is 2.96. The number of urea groups is 1. The molecule has 2 heterocycles. The Hall–Kier alpha value is -4.19. The second-order valence-electron chi connectivity index (χ2n) is 7.14. The minimum Gasteiger partial charge on any atom is -0.439 e. The number of aryl methyl sites for hydroxylation is 1. The monoisotopic (exact) mass is 506 g/mol. The number of ether oxygens (including phenoxy) is 1. The number of hydrogen-bond donors (Lipinski definition) is 2. The molecule has 13 heteroatoms. The molecule has 4 aromatic rings. The van der Waals surface area contributed by atoms with Crippen molar-refractivity contribution in [1.29, 1.82) is 0 Å². The summed E-state index contributed by atoms with van der Waals surface area (Å²) in [6.45, 7) is 0. The molecule has 35 heavy (non-hydrogen) atoms. The summed E-state index contributed by atoms with van der Waals surface area (Å²) in [6.07, 6.45) is 0.0778. The van der Waals surface area contributed by atoms with Crippen LogP contribution in [-0.2, 0) is 13.2 Å². The first kappa shape index (κ1) is 24.0. The topological polar surface area (TPSA) is 94.0 Å². The molecule has 2 aromatic heterocycles. The Morgan fingerprint density at radius 3 is 2.60 bits per heavy atom. The van der Waals surface area contributed by atoms with Gasteiger partial charge in [0.15, 0.2) is 5.82 Å². The molecule has 0 aliphatic carbocycles. The van der Waals surface area contributed by atoms with E-state index in [1.54, 1.807) is 24.1 Å². The zero-order valence-corrected chi connectivity index (χ0v) is 18.5. The molecule has 2 N–H and O–H groups in total. The smallest absolute Gasteiger partial charge is 0.417 e. The number of aromatic nitrogens is 4. The highest BCUT2D eigenvalue weighted by molar-refractivity contribution is 6.31. The van der Waals surface area contributed by atoms with Gasteiger partial charge in [0.1, 0.15) is 11.6 Å². The quantitative estimate of drug-likeness (QED) is 0.318. The molecule has 0 saturated heterocycles. The van der Waals surface area contributed by atoms with Gasteiger partial charge in [-0.25, -0.2) is 14.2 Å². The Labute approximate surface area is 200 Å². The van der Waals surface area contributed by atoms with Gasteiger partial charge in [-0.3, -0.25) is 4.68 Å². The van der Waals surface area contributed by atoms with Crippen molar-refractivity contribution in [2.45, 2.75) is 6.18 Å². The predicted molar refractivity (Wildman–Crippen MR) is 120 cm³/mol. The number of nitrogens with zero attached hydrogens (tertiary/aromatic N) is 4. The van der Waals surface area contributed by atoms with Crippen LogP contribution in [0.1, 0.15) is 5.56 Å². The van der Waals surface area contributed by atoms with E-state index in [0.717, 1.165) is 12.1 Å². The molecule has 0 bridgehead atoms. The molecular weight excluding hydrogens is 492 g/mol. The number of alkyl halides is 3. The minimum absolute atomic E-state index is 0.0943. The van der Waals surface area contributed by atoms with Crippen LogP contribution in [0.25, 0.3) is 11.4 Å². The molecule has 4 rings (SSSR count). The van der Waals surface area contributed by atoms with E-state index in [4.69, 9.17) is 16.3 Å². The molecule has 2 aromatic carbocycles. The highest BCUT2D eigenvalue weighted by Gasteiger charge is 2.33. The predicted octanol–water partition coefficient (Wildman–Crippen LogP) is 6.12. The van der Waals surface area contributed by atoms with Crippen molar-refractivity contribution in [3.05, 3.63) is 77.5 Å². The van der Waals surface area contributed by atoms with Gasteiger partial charge in [0.05, 0.1) is 28.0 Å². The molecule has 8 nitrogen and oxygen atoms in total. The molecule has 0 unspecified atom stereocenters. The summed E-state index contributed by atoms with van der Waals surface area (Å²) in [5, 5.41) is 7.97. The summed E-state index contributed by atoms with van der Waals surface area (Å²) in [4.78, 5) is 20.6. The van der Waals surface area contributed by atoms with E-state index < -0.39 is 28.6 Å². The summed E-state index contributed by atoms with van der Waals surface area (Å²) in [7, 11) is 1.75. The molecule has 0 spiro atoms. The van der Waals surface area contributed by atoms with Gasteiger partial charge in [-0.05, 0) is 30.3 Å². The van der Waals surface area contributed by atoms with E-state index in [-0.39, 0.29) is 23.0 Å². The van der Waals surface area contributed by atoms with E-state index >= 15 is 0 Å². The van der Waals surface area contributed by atoms with Gasteiger partial charge < -0.3 is 15.4 Å². The Kier molecular flexibility index (Phi) is 6.56. The standard InChI is InChI=1S/C22H15ClF4N6O2/c1-33-11-12(10-29-33)20-28-7-6-19(32-20)35-14-3-5-18(17(24)9-14)31-21(34)30-13-2-4-16(23)15(8-13)22(25,26)27/h2-11H,1H3,(H2,30,31,34). The second kappa shape index (κ2) is 9.58. The van der Waals surface area contributed by atoms with Crippen LogP contribution in [0.4, 0.5) is 33.7 Å². The Bertz CT molecular complexity index is 1390. The maximum atomic E-state index is 14.5. The maximum Gasteiger partial charge on any atom is 0.417 e. The van der Waals surface area contributed by atoms with Gasteiger partial charge in [-0.2, -0.15) is 23.3 Å². The SMILES string of the molecule is Cn1cc(-c2nccc(Oc3ccc(NC(=O)Nc4ccc(Cl)c(C(F)(F)F)c4)c(F)c3)n2)cn1.